The van der Waals surface area contributed by atoms with Gasteiger partial charge >= 0.3 is 0 Å². The van der Waals surface area contributed by atoms with Crippen LogP contribution in [0, 0.1) is 0 Å². The van der Waals surface area contributed by atoms with Gasteiger partial charge in [-0.3, -0.25) is 4.79 Å². The quantitative estimate of drug-likeness (QED) is 0.610. The maximum atomic E-state index is 11.4. The first-order valence-electron chi connectivity index (χ1n) is 4.55. The maximum Gasteiger partial charge on any atom is 0.279 e. The summed E-state index contributed by atoms with van der Waals surface area (Å²) in [7, 11) is 0. The van der Waals surface area contributed by atoms with Gasteiger partial charge in [-0.2, -0.15) is 5.10 Å². The van der Waals surface area contributed by atoms with Crippen molar-refractivity contribution in [1.29, 1.82) is 0 Å². The number of H-pyrrole nitrogens is 1. The van der Waals surface area contributed by atoms with E-state index in [1.165, 1.54) is 11.0 Å². The summed E-state index contributed by atoms with van der Waals surface area (Å²) in [4.78, 5) is 25.9. The fourth-order valence-corrected chi connectivity index (χ4v) is 1.36. The van der Waals surface area contributed by atoms with Gasteiger partial charge in [0, 0.05) is 12.4 Å². The minimum absolute atomic E-state index is 0.273. The first kappa shape index (κ1) is 8.72. The van der Waals surface area contributed by atoms with Gasteiger partial charge in [0.15, 0.2) is 5.52 Å². The second-order valence-corrected chi connectivity index (χ2v) is 3.09. The van der Waals surface area contributed by atoms with Gasteiger partial charge in [-0.05, 0) is 6.07 Å². The smallest absolute Gasteiger partial charge is 0.279 e. The van der Waals surface area contributed by atoms with E-state index in [0.717, 1.165) is 0 Å². The van der Waals surface area contributed by atoms with Crippen LogP contribution in [-0.4, -0.2) is 29.7 Å². The van der Waals surface area contributed by atoms with E-state index in [2.05, 4.69) is 25.0 Å². The molecule has 0 aliphatic heterocycles. The zero-order valence-corrected chi connectivity index (χ0v) is 8.03. The topological polar surface area (TPSA) is 89.4 Å². The molecule has 0 radical (unpaired) electrons. The number of nitrogens with one attached hydrogen (secondary N) is 1. The van der Waals surface area contributed by atoms with Gasteiger partial charge in [0.25, 0.3) is 11.5 Å². The van der Waals surface area contributed by atoms with Crippen molar-refractivity contribution in [2.45, 2.75) is 0 Å². The Balaban J connectivity index is 2.28. The van der Waals surface area contributed by atoms with Crippen LogP contribution in [0.15, 0.2) is 35.8 Å². The third-order valence-electron chi connectivity index (χ3n) is 2.07. The first-order chi connectivity index (χ1) is 7.84. The normalized spacial score (nSPS) is 10.8. The van der Waals surface area contributed by atoms with Crippen LogP contribution in [0.2, 0.25) is 0 Å². The van der Waals surface area contributed by atoms with E-state index in [1.807, 2.05) is 0 Å². The Labute approximate surface area is 88.8 Å². The van der Waals surface area contributed by atoms with Gasteiger partial charge in [-0.25, -0.2) is 19.6 Å². The molecule has 7 heteroatoms. The molecular formula is C9H6N6O. The number of hydrogen-bond donors (Lipinski definition) is 1. The molecule has 3 aromatic rings. The summed E-state index contributed by atoms with van der Waals surface area (Å²) in [5.41, 5.74) is 0.505. The third kappa shape index (κ3) is 1.26. The van der Waals surface area contributed by atoms with Gasteiger partial charge in [-0.15, -0.1) is 0 Å². The SMILES string of the molecule is O=c1[nH]cnc2cn(-c3ncccn3)nc12. The van der Waals surface area contributed by atoms with Crippen LogP contribution >= 0.6 is 0 Å². The third-order valence-corrected chi connectivity index (χ3v) is 2.07. The standard InChI is InChI=1S/C9H6N6O/c16-8-7-6(12-5-13-8)4-15(14-7)9-10-2-1-3-11-9/h1-5H,(H,12,13,16). The molecule has 0 unspecified atom stereocenters. The second-order valence-electron chi connectivity index (χ2n) is 3.09. The number of aromatic amines is 1. The molecule has 0 fully saturated rings. The lowest BCUT2D eigenvalue weighted by atomic mass is 10.5. The van der Waals surface area contributed by atoms with Crippen molar-refractivity contribution >= 4 is 11.0 Å². The molecule has 0 amide bonds. The van der Waals surface area contributed by atoms with Crippen LogP contribution in [0.4, 0.5) is 0 Å². The van der Waals surface area contributed by atoms with E-state index >= 15 is 0 Å². The van der Waals surface area contributed by atoms with Gasteiger partial charge in [0.05, 0.1) is 12.5 Å². The highest BCUT2D eigenvalue weighted by Crippen LogP contribution is 2.05. The Kier molecular flexibility index (Phi) is 1.76. The number of aromatic nitrogens is 6. The Bertz CT molecular complexity index is 686. The summed E-state index contributed by atoms with van der Waals surface area (Å²) in [6.45, 7) is 0. The molecule has 0 aliphatic rings. The van der Waals surface area contributed by atoms with Gasteiger partial charge < -0.3 is 4.98 Å². The second kappa shape index (κ2) is 3.23. The molecule has 7 nitrogen and oxygen atoms in total. The molecule has 0 aliphatic carbocycles. The van der Waals surface area contributed by atoms with Crippen molar-refractivity contribution in [3.63, 3.8) is 0 Å². The Morgan fingerprint density at radius 1 is 1.19 bits per heavy atom. The van der Waals surface area contributed by atoms with Crippen LogP contribution in [0.3, 0.4) is 0 Å². The van der Waals surface area contributed by atoms with Gasteiger partial charge in [-0.1, -0.05) is 0 Å². The van der Waals surface area contributed by atoms with Crippen molar-refractivity contribution in [2.24, 2.45) is 0 Å². The van der Waals surface area contributed by atoms with Crippen LogP contribution < -0.4 is 5.56 Å². The molecular weight excluding hydrogens is 208 g/mol. The van der Waals surface area contributed by atoms with Crippen LogP contribution in [0.5, 0.6) is 0 Å². The van der Waals surface area contributed by atoms with Crippen molar-refractivity contribution in [2.75, 3.05) is 0 Å². The van der Waals surface area contributed by atoms with Crippen LogP contribution in [-0.2, 0) is 0 Å². The van der Waals surface area contributed by atoms with Crippen molar-refractivity contribution in [3.8, 4) is 5.95 Å². The summed E-state index contributed by atoms with van der Waals surface area (Å²) in [6, 6.07) is 1.71. The highest BCUT2D eigenvalue weighted by atomic mass is 16.1. The van der Waals surface area contributed by atoms with Crippen LogP contribution in [0.1, 0.15) is 0 Å². The lowest BCUT2D eigenvalue weighted by Crippen LogP contribution is -2.07. The molecule has 1 N–H and O–H groups in total. The molecule has 0 saturated heterocycles. The molecule has 0 spiro atoms. The predicted molar refractivity (Wildman–Crippen MR) is 55.1 cm³/mol. The molecule has 0 atom stereocenters. The molecule has 3 rings (SSSR count). The highest BCUT2D eigenvalue weighted by Gasteiger charge is 2.07. The minimum Gasteiger partial charge on any atom is -0.311 e. The highest BCUT2D eigenvalue weighted by molar-refractivity contribution is 5.71. The number of nitrogens with zero attached hydrogens (tertiary/aromatic N) is 5. The predicted octanol–water partition coefficient (Wildman–Crippen LogP) is -0.101. The molecule has 0 bridgehead atoms. The zero-order chi connectivity index (χ0) is 11.0. The molecule has 16 heavy (non-hydrogen) atoms. The molecule has 78 valence electrons. The number of fused-ring (bicyclic) bond motifs is 1. The average molecular weight is 214 g/mol. The number of hydrogen-bond acceptors (Lipinski definition) is 5. The molecule has 0 aromatic carbocycles. The van der Waals surface area contributed by atoms with Crippen molar-refractivity contribution in [3.05, 3.63) is 41.3 Å². The monoisotopic (exact) mass is 214 g/mol. The van der Waals surface area contributed by atoms with E-state index in [9.17, 15) is 4.79 Å². The fourth-order valence-electron chi connectivity index (χ4n) is 1.36. The Morgan fingerprint density at radius 3 is 2.75 bits per heavy atom. The molecule has 3 aromatic heterocycles. The summed E-state index contributed by atoms with van der Waals surface area (Å²) < 4.78 is 1.42. The van der Waals surface area contributed by atoms with Crippen molar-refractivity contribution < 1.29 is 0 Å². The summed E-state index contributed by atoms with van der Waals surface area (Å²) >= 11 is 0. The van der Waals surface area contributed by atoms with Crippen LogP contribution in [0.25, 0.3) is 17.0 Å². The van der Waals surface area contributed by atoms with Gasteiger partial charge in [0.1, 0.15) is 5.52 Å². The zero-order valence-electron chi connectivity index (χ0n) is 8.03. The number of rotatable bonds is 1. The Morgan fingerprint density at radius 2 is 2.00 bits per heavy atom. The maximum absolute atomic E-state index is 11.4. The average Bonchev–Trinajstić information content (AvgIpc) is 2.76. The van der Waals surface area contributed by atoms with E-state index in [4.69, 9.17) is 0 Å². The van der Waals surface area contributed by atoms with E-state index < -0.39 is 0 Å². The molecule has 0 saturated carbocycles. The largest absolute Gasteiger partial charge is 0.311 e. The van der Waals surface area contributed by atoms with Gasteiger partial charge in [0.2, 0.25) is 0 Å². The summed E-state index contributed by atoms with van der Waals surface area (Å²) in [5.74, 6) is 0.403. The first-order valence-corrected chi connectivity index (χ1v) is 4.55. The summed E-state index contributed by atoms with van der Waals surface area (Å²) in [5, 5.41) is 4.07. The van der Waals surface area contributed by atoms with E-state index in [1.54, 1.807) is 24.7 Å². The fraction of sp³-hybridized carbons (Fsp3) is 0. The lowest BCUT2D eigenvalue weighted by molar-refractivity contribution is 0.817. The van der Waals surface area contributed by atoms with Crippen molar-refractivity contribution in [1.82, 2.24) is 29.7 Å². The minimum atomic E-state index is -0.278. The summed E-state index contributed by atoms with van der Waals surface area (Å²) in [6.07, 6.45) is 6.15. The van der Waals surface area contributed by atoms with E-state index in [0.29, 0.717) is 11.5 Å². The molecule has 3 heterocycles. The van der Waals surface area contributed by atoms with E-state index in [-0.39, 0.29) is 11.1 Å². The lowest BCUT2D eigenvalue weighted by Gasteiger charge is -1.94. The Hall–Kier alpha value is -2.57.